The van der Waals surface area contributed by atoms with Crippen LogP contribution in [0.5, 0.6) is 0 Å². The van der Waals surface area contributed by atoms with Crippen molar-refractivity contribution in [2.75, 3.05) is 11.1 Å². The first-order valence-corrected chi connectivity index (χ1v) is 6.32. The first-order valence-electron chi connectivity index (χ1n) is 5.15. The maximum Gasteiger partial charge on any atom is 0.257 e. The van der Waals surface area contributed by atoms with E-state index in [2.05, 4.69) is 26.2 Å². The summed E-state index contributed by atoms with van der Waals surface area (Å²) in [5.74, 6) is -0.768. The molecule has 1 heterocycles. The third-order valence-electron chi connectivity index (χ3n) is 2.31. The molecule has 0 aliphatic rings. The lowest BCUT2D eigenvalue weighted by atomic mass is 10.2. The number of nitrogens with zero attached hydrogens (tertiary/aromatic N) is 1. The van der Waals surface area contributed by atoms with Crippen LogP contribution in [-0.2, 0) is 0 Å². The number of anilines is 2. The van der Waals surface area contributed by atoms with Gasteiger partial charge in [-0.3, -0.25) is 4.79 Å². The predicted octanol–water partition coefficient (Wildman–Crippen LogP) is 3.47. The van der Waals surface area contributed by atoms with Crippen LogP contribution in [-0.4, -0.2) is 10.9 Å². The lowest BCUT2D eigenvalue weighted by Gasteiger charge is -2.06. The van der Waals surface area contributed by atoms with E-state index in [9.17, 15) is 9.18 Å². The molecule has 1 aromatic heterocycles. The topological polar surface area (TPSA) is 68.0 Å². The fourth-order valence-electron chi connectivity index (χ4n) is 1.35. The van der Waals surface area contributed by atoms with Gasteiger partial charge in [-0.15, -0.1) is 0 Å². The number of carbonyl (C=O) groups excluding carboxylic acids is 1. The summed E-state index contributed by atoms with van der Waals surface area (Å²) in [5, 5.41) is 2.72. The normalized spacial score (nSPS) is 10.3. The number of aromatic nitrogens is 1. The Kier molecular flexibility index (Phi) is 4.01. The molecule has 98 valence electrons. The molecule has 0 bridgehead atoms. The van der Waals surface area contributed by atoms with Gasteiger partial charge in [-0.25, -0.2) is 9.37 Å². The number of nitrogen functional groups attached to an aromatic ring is 1. The minimum atomic E-state index is -0.466. The molecule has 2 aromatic rings. The molecule has 19 heavy (non-hydrogen) atoms. The molecule has 1 aromatic carbocycles. The molecule has 7 heteroatoms. The van der Waals surface area contributed by atoms with Crippen molar-refractivity contribution in [2.24, 2.45) is 0 Å². The van der Waals surface area contributed by atoms with E-state index in [4.69, 9.17) is 17.3 Å². The summed E-state index contributed by atoms with van der Waals surface area (Å²) < 4.78 is 13.6. The van der Waals surface area contributed by atoms with Crippen LogP contribution in [0.1, 0.15) is 10.4 Å². The molecule has 0 unspecified atom stereocenters. The number of carbonyl (C=O) groups is 1. The van der Waals surface area contributed by atoms with Crippen LogP contribution in [0.4, 0.5) is 15.9 Å². The van der Waals surface area contributed by atoms with E-state index in [1.54, 1.807) is 6.07 Å². The fourth-order valence-corrected chi connectivity index (χ4v) is 1.76. The van der Waals surface area contributed by atoms with Gasteiger partial charge in [-0.05, 0) is 40.2 Å². The first kappa shape index (κ1) is 13.8. The highest BCUT2D eigenvalue weighted by atomic mass is 79.9. The summed E-state index contributed by atoms with van der Waals surface area (Å²) in [6, 6.07) is 5.67. The number of nitrogens with two attached hydrogens (primary N) is 1. The molecule has 0 radical (unpaired) electrons. The van der Waals surface area contributed by atoms with Gasteiger partial charge in [-0.2, -0.15) is 0 Å². The van der Waals surface area contributed by atoms with Gasteiger partial charge in [0.1, 0.15) is 11.6 Å². The van der Waals surface area contributed by atoms with Gasteiger partial charge in [-0.1, -0.05) is 11.6 Å². The Morgan fingerprint density at radius 3 is 2.79 bits per heavy atom. The standard InChI is InChI=1S/C12H8BrClFN3O/c13-8-2-1-7(4-10(8)15)18-12(19)6-3-9(14)11(16)17-5-6/h1-5H,(H2,16,17)(H,18,19). The SMILES string of the molecule is Nc1ncc(C(=O)Nc2ccc(Br)c(F)c2)cc1Cl. The first-order chi connectivity index (χ1) is 8.97. The van der Waals surface area contributed by atoms with E-state index in [1.807, 2.05) is 0 Å². The monoisotopic (exact) mass is 343 g/mol. The number of hydrogen-bond donors (Lipinski definition) is 2. The zero-order valence-corrected chi connectivity index (χ0v) is 11.8. The van der Waals surface area contributed by atoms with Crippen LogP contribution in [0.25, 0.3) is 0 Å². The van der Waals surface area contributed by atoms with Crippen molar-refractivity contribution in [3.05, 3.63) is 51.3 Å². The summed E-state index contributed by atoms with van der Waals surface area (Å²) in [7, 11) is 0. The van der Waals surface area contributed by atoms with E-state index in [1.165, 1.54) is 24.4 Å². The summed E-state index contributed by atoms with van der Waals surface area (Å²) >= 11 is 8.80. The third kappa shape index (κ3) is 3.21. The van der Waals surface area contributed by atoms with Crippen molar-refractivity contribution in [1.82, 2.24) is 4.98 Å². The third-order valence-corrected chi connectivity index (χ3v) is 3.26. The van der Waals surface area contributed by atoms with Gasteiger partial charge >= 0.3 is 0 Å². The number of rotatable bonds is 2. The van der Waals surface area contributed by atoms with Crippen molar-refractivity contribution >= 4 is 44.9 Å². The Bertz CT molecular complexity index is 651. The number of benzene rings is 1. The van der Waals surface area contributed by atoms with Gasteiger partial charge in [0.05, 0.1) is 15.1 Å². The summed E-state index contributed by atoms with van der Waals surface area (Å²) in [6.07, 6.45) is 1.30. The Morgan fingerprint density at radius 1 is 1.42 bits per heavy atom. The van der Waals surface area contributed by atoms with Crippen molar-refractivity contribution in [3.63, 3.8) is 0 Å². The van der Waals surface area contributed by atoms with E-state index in [-0.39, 0.29) is 16.4 Å². The van der Waals surface area contributed by atoms with Crippen molar-refractivity contribution in [2.45, 2.75) is 0 Å². The van der Waals surface area contributed by atoms with Crippen LogP contribution < -0.4 is 11.1 Å². The van der Waals surface area contributed by atoms with Crippen molar-refractivity contribution in [3.8, 4) is 0 Å². The number of hydrogen-bond acceptors (Lipinski definition) is 3. The van der Waals surface area contributed by atoms with Gasteiger partial charge in [0, 0.05) is 11.9 Å². The molecule has 0 aliphatic carbocycles. The van der Waals surface area contributed by atoms with E-state index in [0.29, 0.717) is 10.2 Å². The summed E-state index contributed by atoms with van der Waals surface area (Å²) in [4.78, 5) is 15.7. The van der Waals surface area contributed by atoms with Gasteiger partial charge in [0.15, 0.2) is 0 Å². The van der Waals surface area contributed by atoms with Crippen LogP contribution in [0.3, 0.4) is 0 Å². The molecule has 0 aliphatic heterocycles. The molecule has 2 rings (SSSR count). The number of pyridine rings is 1. The number of halogens is 3. The zero-order valence-electron chi connectivity index (χ0n) is 9.45. The van der Waals surface area contributed by atoms with Crippen LogP contribution in [0, 0.1) is 5.82 Å². The minimum absolute atomic E-state index is 0.146. The van der Waals surface area contributed by atoms with Crippen LogP contribution in [0.15, 0.2) is 34.9 Å². The Balaban J connectivity index is 2.20. The largest absolute Gasteiger partial charge is 0.382 e. The number of amides is 1. The Labute approximate surface area is 121 Å². The lowest BCUT2D eigenvalue weighted by Crippen LogP contribution is -2.12. The summed E-state index contributed by atoms with van der Waals surface area (Å²) in [5.41, 5.74) is 6.02. The smallest absolute Gasteiger partial charge is 0.257 e. The van der Waals surface area contributed by atoms with E-state index >= 15 is 0 Å². The second-order valence-electron chi connectivity index (χ2n) is 3.67. The maximum atomic E-state index is 13.3. The number of nitrogens with one attached hydrogen (secondary N) is 1. The molecule has 3 N–H and O–H groups in total. The maximum absolute atomic E-state index is 13.3. The molecule has 0 spiro atoms. The zero-order chi connectivity index (χ0) is 14.0. The van der Waals surface area contributed by atoms with Crippen molar-refractivity contribution in [1.29, 1.82) is 0 Å². The van der Waals surface area contributed by atoms with E-state index in [0.717, 1.165) is 0 Å². The molecule has 0 saturated carbocycles. The minimum Gasteiger partial charge on any atom is -0.382 e. The molecule has 0 saturated heterocycles. The second kappa shape index (κ2) is 5.54. The average molecular weight is 345 g/mol. The summed E-state index contributed by atoms with van der Waals surface area (Å²) in [6.45, 7) is 0. The van der Waals surface area contributed by atoms with Crippen LogP contribution >= 0.6 is 27.5 Å². The van der Waals surface area contributed by atoms with Gasteiger partial charge in [0.2, 0.25) is 0 Å². The Hall–Kier alpha value is -1.66. The highest BCUT2D eigenvalue weighted by Gasteiger charge is 2.10. The predicted molar refractivity (Wildman–Crippen MR) is 75.7 cm³/mol. The molecule has 0 atom stereocenters. The molecule has 1 amide bonds. The highest BCUT2D eigenvalue weighted by molar-refractivity contribution is 9.10. The molecule has 4 nitrogen and oxygen atoms in total. The Morgan fingerprint density at radius 2 is 2.16 bits per heavy atom. The van der Waals surface area contributed by atoms with Crippen molar-refractivity contribution < 1.29 is 9.18 Å². The van der Waals surface area contributed by atoms with Gasteiger partial charge < -0.3 is 11.1 Å². The lowest BCUT2D eigenvalue weighted by molar-refractivity contribution is 0.102. The molecule has 0 fully saturated rings. The molecular formula is C12H8BrClFN3O. The quantitative estimate of drug-likeness (QED) is 0.876. The van der Waals surface area contributed by atoms with Gasteiger partial charge in [0.25, 0.3) is 5.91 Å². The van der Waals surface area contributed by atoms with E-state index < -0.39 is 11.7 Å². The fraction of sp³-hybridized carbons (Fsp3) is 0. The van der Waals surface area contributed by atoms with Crippen LogP contribution in [0.2, 0.25) is 5.02 Å². The second-order valence-corrected chi connectivity index (χ2v) is 4.94. The highest BCUT2D eigenvalue weighted by Crippen LogP contribution is 2.21. The molecular weight excluding hydrogens is 337 g/mol. The average Bonchev–Trinajstić information content (AvgIpc) is 2.37.